The van der Waals surface area contributed by atoms with E-state index in [1.807, 2.05) is 18.7 Å². The van der Waals surface area contributed by atoms with Crippen LogP contribution in [-0.4, -0.2) is 35.0 Å². The summed E-state index contributed by atoms with van der Waals surface area (Å²) in [5.74, 6) is -0.830. The van der Waals surface area contributed by atoms with Crippen LogP contribution < -0.4 is 0 Å². The molecule has 0 spiro atoms. The van der Waals surface area contributed by atoms with E-state index < -0.39 is 11.4 Å². The largest absolute Gasteiger partial charge is 0.481 e. The van der Waals surface area contributed by atoms with Crippen LogP contribution in [0.25, 0.3) is 0 Å². The van der Waals surface area contributed by atoms with Crippen molar-refractivity contribution in [2.75, 3.05) is 13.1 Å². The highest BCUT2D eigenvalue weighted by molar-refractivity contribution is 5.85. The standard InChI is InChI=1S/C13H23NO3/c1-3-13(4-2,12(16)17)10-11(15)14-8-6-5-7-9-14/h3-10H2,1-2H3,(H,16,17). The van der Waals surface area contributed by atoms with E-state index in [4.69, 9.17) is 0 Å². The van der Waals surface area contributed by atoms with Gasteiger partial charge in [0.2, 0.25) is 5.91 Å². The van der Waals surface area contributed by atoms with E-state index in [9.17, 15) is 14.7 Å². The zero-order chi connectivity index (χ0) is 12.9. The second-order valence-electron chi connectivity index (χ2n) is 4.91. The predicted octanol–water partition coefficient (Wildman–Crippen LogP) is 2.28. The zero-order valence-corrected chi connectivity index (χ0v) is 10.9. The first-order chi connectivity index (χ1) is 8.05. The van der Waals surface area contributed by atoms with Gasteiger partial charge in [0.15, 0.2) is 0 Å². The van der Waals surface area contributed by atoms with Gasteiger partial charge in [0.1, 0.15) is 0 Å². The monoisotopic (exact) mass is 241 g/mol. The van der Waals surface area contributed by atoms with Gasteiger partial charge in [-0.05, 0) is 32.1 Å². The molecule has 4 heteroatoms. The highest BCUT2D eigenvalue weighted by Crippen LogP contribution is 2.32. The molecule has 1 aliphatic rings. The van der Waals surface area contributed by atoms with Gasteiger partial charge in [-0.2, -0.15) is 0 Å². The summed E-state index contributed by atoms with van der Waals surface area (Å²) >= 11 is 0. The van der Waals surface area contributed by atoms with Gasteiger partial charge in [-0.15, -0.1) is 0 Å². The molecule has 4 nitrogen and oxygen atoms in total. The van der Waals surface area contributed by atoms with Crippen molar-refractivity contribution in [3.63, 3.8) is 0 Å². The molecule has 1 N–H and O–H groups in total. The third kappa shape index (κ3) is 3.20. The molecular formula is C13H23NO3. The Bertz CT molecular complexity index is 278. The van der Waals surface area contributed by atoms with Crippen molar-refractivity contribution in [3.05, 3.63) is 0 Å². The lowest BCUT2D eigenvalue weighted by Gasteiger charge is -2.32. The number of carboxylic acids is 1. The van der Waals surface area contributed by atoms with Gasteiger partial charge in [0, 0.05) is 19.5 Å². The van der Waals surface area contributed by atoms with Gasteiger partial charge < -0.3 is 10.0 Å². The van der Waals surface area contributed by atoms with Crippen LogP contribution in [0.1, 0.15) is 52.4 Å². The molecule has 0 aliphatic carbocycles. The van der Waals surface area contributed by atoms with Gasteiger partial charge in [-0.3, -0.25) is 9.59 Å². The average molecular weight is 241 g/mol. The maximum atomic E-state index is 12.1. The van der Waals surface area contributed by atoms with Crippen molar-refractivity contribution >= 4 is 11.9 Å². The summed E-state index contributed by atoms with van der Waals surface area (Å²) in [5, 5.41) is 9.30. The van der Waals surface area contributed by atoms with Gasteiger partial charge in [0.05, 0.1) is 5.41 Å². The van der Waals surface area contributed by atoms with Crippen LogP contribution >= 0.6 is 0 Å². The maximum absolute atomic E-state index is 12.1. The van der Waals surface area contributed by atoms with Crippen molar-refractivity contribution in [1.29, 1.82) is 0 Å². The first kappa shape index (κ1) is 14.0. The Morgan fingerprint density at radius 2 is 1.65 bits per heavy atom. The molecule has 0 radical (unpaired) electrons. The van der Waals surface area contributed by atoms with E-state index >= 15 is 0 Å². The molecule has 0 aromatic carbocycles. The van der Waals surface area contributed by atoms with Crippen LogP contribution in [0.4, 0.5) is 0 Å². The summed E-state index contributed by atoms with van der Waals surface area (Å²) in [6, 6.07) is 0. The van der Waals surface area contributed by atoms with E-state index in [0.29, 0.717) is 12.8 Å². The number of likely N-dealkylation sites (tertiary alicyclic amines) is 1. The minimum atomic E-state index is -0.867. The molecule has 0 atom stereocenters. The first-order valence-electron chi connectivity index (χ1n) is 6.57. The van der Waals surface area contributed by atoms with E-state index in [1.54, 1.807) is 0 Å². The normalized spacial score (nSPS) is 16.9. The minimum absolute atomic E-state index is 0.0100. The Balaban J connectivity index is 2.66. The van der Waals surface area contributed by atoms with E-state index in [0.717, 1.165) is 25.9 Å². The Hall–Kier alpha value is -1.06. The van der Waals surface area contributed by atoms with Crippen LogP contribution in [0.5, 0.6) is 0 Å². The van der Waals surface area contributed by atoms with Crippen molar-refractivity contribution in [3.8, 4) is 0 Å². The zero-order valence-electron chi connectivity index (χ0n) is 10.9. The average Bonchev–Trinajstić information content (AvgIpc) is 2.36. The second kappa shape index (κ2) is 6.03. The summed E-state index contributed by atoms with van der Waals surface area (Å²) in [6.07, 6.45) is 4.44. The molecule has 98 valence electrons. The molecule has 0 aromatic rings. The number of hydrogen-bond acceptors (Lipinski definition) is 2. The molecular weight excluding hydrogens is 218 g/mol. The Morgan fingerprint density at radius 1 is 1.12 bits per heavy atom. The fraction of sp³-hybridized carbons (Fsp3) is 0.846. The summed E-state index contributed by atoms with van der Waals surface area (Å²) < 4.78 is 0. The number of amides is 1. The summed E-state index contributed by atoms with van der Waals surface area (Å²) in [7, 11) is 0. The Morgan fingerprint density at radius 3 is 2.06 bits per heavy atom. The molecule has 17 heavy (non-hydrogen) atoms. The fourth-order valence-corrected chi connectivity index (χ4v) is 2.42. The smallest absolute Gasteiger partial charge is 0.310 e. The van der Waals surface area contributed by atoms with Gasteiger partial charge in [0.25, 0.3) is 0 Å². The van der Waals surface area contributed by atoms with Gasteiger partial charge in [-0.1, -0.05) is 13.8 Å². The Kier molecular flexibility index (Phi) is 4.97. The molecule has 0 unspecified atom stereocenters. The predicted molar refractivity (Wildman–Crippen MR) is 65.7 cm³/mol. The third-order valence-corrected chi connectivity index (χ3v) is 4.01. The lowest BCUT2D eigenvalue weighted by Crippen LogP contribution is -2.41. The summed E-state index contributed by atoms with van der Waals surface area (Å²) in [4.78, 5) is 25.3. The Labute approximate surface area is 103 Å². The molecule has 0 aromatic heterocycles. The molecule has 0 bridgehead atoms. The van der Waals surface area contributed by atoms with E-state index in [-0.39, 0.29) is 12.3 Å². The lowest BCUT2D eigenvalue weighted by atomic mass is 9.79. The van der Waals surface area contributed by atoms with Crippen LogP contribution in [-0.2, 0) is 9.59 Å². The highest BCUT2D eigenvalue weighted by atomic mass is 16.4. The molecule has 1 rings (SSSR count). The SMILES string of the molecule is CCC(CC)(CC(=O)N1CCCCC1)C(=O)O. The fourth-order valence-electron chi connectivity index (χ4n) is 2.42. The highest BCUT2D eigenvalue weighted by Gasteiger charge is 2.38. The van der Waals surface area contributed by atoms with E-state index in [1.165, 1.54) is 6.42 Å². The van der Waals surface area contributed by atoms with Crippen molar-refractivity contribution in [1.82, 2.24) is 4.90 Å². The third-order valence-electron chi connectivity index (χ3n) is 4.01. The molecule has 1 fully saturated rings. The van der Waals surface area contributed by atoms with Crippen molar-refractivity contribution in [2.45, 2.75) is 52.4 Å². The summed E-state index contributed by atoms with van der Waals surface area (Å²) in [5.41, 5.74) is -0.867. The molecule has 1 saturated heterocycles. The lowest BCUT2D eigenvalue weighted by molar-refractivity contribution is -0.154. The van der Waals surface area contributed by atoms with Crippen LogP contribution in [0.2, 0.25) is 0 Å². The molecule has 0 saturated carbocycles. The topological polar surface area (TPSA) is 57.6 Å². The maximum Gasteiger partial charge on any atom is 0.310 e. The van der Waals surface area contributed by atoms with Crippen LogP contribution in [0.3, 0.4) is 0 Å². The summed E-state index contributed by atoms with van der Waals surface area (Å²) in [6.45, 7) is 5.28. The number of aliphatic carboxylic acids is 1. The first-order valence-corrected chi connectivity index (χ1v) is 6.57. The number of hydrogen-bond donors (Lipinski definition) is 1. The number of carboxylic acid groups (broad SMARTS) is 1. The number of rotatable bonds is 5. The quantitative estimate of drug-likeness (QED) is 0.803. The van der Waals surface area contributed by atoms with Gasteiger partial charge in [-0.25, -0.2) is 0 Å². The minimum Gasteiger partial charge on any atom is -0.481 e. The van der Waals surface area contributed by atoms with Crippen LogP contribution in [0, 0.1) is 5.41 Å². The molecule has 1 aliphatic heterocycles. The van der Waals surface area contributed by atoms with Gasteiger partial charge >= 0.3 is 5.97 Å². The van der Waals surface area contributed by atoms with E-state index in [2.05, 4.69) is 0 Å². The number of nitrogens with zero attached hydrogens (tertiary/aromatic N) is 1. The molecule has 1 amide bonds. The molecule has 1 heterocycles. The van der Waals surface area contributed by atoms with Crippen molar-refractivity contribution < 1.29 is 14.7 Å². The second-order valence-corrected chi connectivity index (χ2v) is 4.91. The number of carbonyl (C=O) groups is 2. The van der Waals surface area contributed by atoms with Crippen LogP contribution in [0.15, 0.2) is 0 Å². The number of carbonyl (C=O) groups excluding carboxylic acids is 1. The van der Waals surface area contributed by atoms with Crippen molar-refractivity contribution in [2.24, 2.45) is 5.41 Å². The number of piperidine rings is 1.